The number of nitrogens with zero attached hydrogens (tertiary/aromatic N) is 1. The van der Waals surface area contributed by atoms with Gasteiger partial charge in [-0.1, -0.05) is 23.9 Å². The molecule has 0 spiro atoms. The molecule has 0 radical (unpaired) electrons. The Morgan fingerprint density at radius 1 is 1.25 bits per heavy atom. The first-order valence-corrected chi connectivity index (χ1v) is 8.94. The second-order valence-corrected chi connectivity index (χ2v) is 7.21. The maximum Gasteiger partial charge on any atom is 0.243 e. The zero-order chi connectivity index (χ0) is 14.6. The molecule has 1 heterocycles. The lowest BCUT2D eigenvalue weighted by molar-refractivity contribution is -0.110. The molecule has 1 saturated heterocycles. The Balaban J connectivity index is 2.14. The maximum atomic E-state index is 12.4. The van der Waals surface area contributed by atoms with Crippen molar-refractivity contribution in [3.8, 4) is 0 Å². The SMILES string of the molecule is CSC(=O)Cc1ccc(S(=O)(=O)N2CCOCC2)cc1. The van der Waals surface area contributed by atoms with E-state index in [0.29, 0.717) is 32.7 Å². The van der Waals surface area contributed by atoms with E-state index in [1.54, 1.807) is 30.5 Å². The van der Waals surface area contributed by atoms with E-state index in [-0.39, 0.29) is 10.0 Å². The van der Waals surface area contributed by atoms with Gasteiger partial charge in [-0.2, -0.15) is 4.31 Å². The van der Waals surface area contributed by atoms with Gasteiger partial charge in [-0.25, -0.2) is 8.42 Å². The van der Waals surface area contributed by atoms with E-state index in [0.717, 1.165) is 5.56 Å². The van der Waals surface area contributed by atoms with Gasteiger partial charge in [-0.05, 0) is 24.0 Å². The zero-order valence-corrected chi connectivity index (χ0v) is 12.9. The third kappa shape index (κ3) is 3.60. The Hall–Kier alpha value is -0.890. The van der Waals surface area contributed by atoms with Crippen molar-refractivity contribution in [3.05, 3.63) is 29.8 Å². The summed E-state index contributed by atoms with van der Waals surface area (Å²) in [5.41, 5.74) is 0.824. The minimum absolute atomic E-state index is 0.0637. The fourth-order valence-corrected chi connectivity index (χ4v) is 3.67. The van der Waals surface area contributed by atoms with Crippen LogP contribution in [0, 0.1) is 0 Å². The van der Waals surface area contributed by atoms with Gasteiger partial charge in [0.15, 0.2) is 5.12 Å². The van der Waals surface area contributed by atoms with Gasteiger partial charge in [0.05, 0.1) is 18.1 Å². The number of thioether (sulfide) groups is 1. The molecule has 5 nitrogen and oxygen atoms in total. The number of hydrogen-bond acceptors (Lipinski definition) is 5. The van der Waals surface area contributed by atoms with Crippen LogP contribution < -0.4 is 0 Å². The maximum absolute atomic E-state index is 12.4. The van der Waals surface area contributed by atoms with Crippen LogP contribution in [0.15, 0.2) is 29.2 Å². The topological polar surface area (TPSA) is 63.7 Å². The van der Waals surface area contributed by atoms with E-state index in [4.69, 9.17) is 4.74 Å². The highest BCUT2D eigenvalue weighted by Crippen LogP contribution is 2.18. The molecule has 1 aliphatic heterocycles. The zero-order valence-electron chi connectivity index (χ0n) is 11.2. The molecule has 7 heteroatoms. The van der Waals surface area contributed by atoms with Crippen molar-refractivity contribution in [1.29, 1.82) is 0 Å². The van der Waals surface area contributed by atoms with Crippen molar-refractivity contribution in [2.24, 2.45) is 0 Å². The highest BCUT2D eigenvalue weighted by Gasteiger charge is 2.26. The molecule has 1 aliphatic rings. The molecule has 0 aromatic heterocycles. The Labute approximate surface area is 123 Å². The van der Waals surface area contributed by atoms with Crippen LogP contribution in [0.3, 0.4) is 0 Å². The summed E-state index contributed by atoms with van der Waals surface area (Å²) < 4.78 is 31.3. The molecule has 1 aromatic rings. The Morgan fingerprint density at radius 2 is 1.85 bits per heavy atom. The predicted octanol–water partition coefficient (Wildman–Crippen LogP) is 1.14. The number of ether oxygens (including phenoxy) is 1. The molecule has 0 amide bonds. The summed E-state index contributed by atoms with van der Waals surface area (Å²) in [6.07, 6.45) is 2.05. The Kier molecular flexibility index (Phi) is 5.20. The van der Waals surface area contributed by atoms with Crippen LogP contribution in [-0.4, -0.2) is 50.4 Å². The van der Waals surface area contributed by atoms with Crippen LogP contribution in [-0.2, 0) is 26.0 Å². The molecule has 0 N–H and O–H groups in total. The van der Waals surface area contributed by atoms with Crippen molar-refractivity contribution in [3.63, 3.8) is 0 Å². The van der Waals surface area contributed by atoms with Crippen molar-refractivity contribution in [1.82, 2.24) is 4.31 Å². The van der Waals surface area contributed by atoms with E-state index in [1.165, 1.54) is 16.1 Å². The van der Waals surface area contributed by atoms with Gasteiger partial charge >= 0.3 is 0 Å². The molecule has 0 bridgehead atoms. The van der Waals surface area contributed by atoms with Gasteiger partial charge in [0.25, 0.3) is 0 Å². The summed E-state index contributed by atoms with van der Waals surface area (Å²) in [5, 5.41) is 0.0637. The number of benzene rings is 1. The van der Waals surface area contributed by atoms with Crippen molar-refractivity contribution < 1.29 is 17.9 Å². The lowest BCUT2D eigenvalue weighted by Crippen LogP contribution is -2.40. The van der Waals surface area contributed by atoms with Crippen molar-refractivity contribution in [2.45, 2.75) is 11.3 Å². The van der Waals surface area contributed by atoms with E-state index in [9.17, 15) is 13.2 Å². The third-order valence-corrected chi connectivity index (χ3v) is 5.62. The largest absolute Gasteiger partial charge is 0.379 e. The summed E-state index contributed by atoms with van der Waals surface area (Å²) in [4.78, 5) is 11.6. The first-order chi connectivity index (χ1) is 9.54. The number of morpholine rings is 1. The molecule has 110 valence electrons. The lowest BCUT2D eigenvalue weighted by atomic mass is 10.2. The van der Waals surface area contributed by atoms with E-state index < -0.39 is 10.0 Å². The van der Waals surface area contributed by atoms with Crippen molar-refractivity contribution in [2.75, 3.05) is 32.6 Å². The van der Waals surface area contributed by atoms with Crippen LogP contribution in [0.25, 0.3) is 0 Å². The summed E-state index contributed by atoms with van der Waals surface area (Å²) >= 11 is 1.17. The average molecular weight is 315 g/mol. The highest BCUT2D eigenvalue weighted by atomic mass is 32.2. The second-order valence-electron chi connectivity index (χ2n) is 4.41. The molecule has 0 aliphatic carbocycles. The van der Waals surface area contributed by atoms with Gasteiger partial charge in [0.2, 0.25) is 10.0 Å². The molecular formula is C13H17NO4S2. The van der Waals surface area contributed by atoms with Gasteiger partial charge in [-0.15, -0.1) is 0 Å². The number of rotatable bonds is 4. The second kappa shape index (κ2) is 6.71. The van der Waals surface area contributed by atoms with Crippen LogP contribution >= 0.6 is 11.8 Å². The molecular weight excluding hydrogens is 298 g/mol. The molecule has 1 fully saturated rings. The predicted molar refractivity (Wildman–Crippen MR) is 78.2 cm³/mol. The monoisotopic (exact) mass is 315 g/mol. The van der Waals surface area contributed by atoms with Crippen LogP contribution in [0.1, 0.15) is 5.56 Å². The van der Waals surface area contributed by atoms with Crippen LogP contribution in [0.2, 0.25) is 0 Å². The average Bonchev–Trinajstić information content (AvgIpc) is 2.48. The highest BCUT2D eigenvalue weighted by molar-refractivity contribution is 8.13. The third-order valence-electron chi connectivity index (χ3n) is 3.11. The lowest BCUT2D eigenvalue weighted by Gasteiger charge is -2.26. The van der Waals surface area contributed by atoms with Crippen LogP contribution in [0.4, 0.5) is 0 Å². The first kappa shape index (κ1) is 15.5. The molecule has 0 saturated carbocycles. The number of hydrogen-bond donors (Lipinski definition) is 0. The fourth-order valence-electron chi connectivity index (χ4n) is 1.95. The number of carbonyl (C=O) groups excluding carboxylic acids is 1. The molecule has 0 unspecified atom stereocenters. The van der Waals surface area contributed by atoms with E-state index in [1.807, 2.05) is 0 Å². The fraction of sp³-hybridized carbons (Fsp3) is 0.462. The summed E-state index contributed by atoms with van der Waals surface area (Å²) in [6.45, 7) is 1.63. The van der Waals surface area contributed by atoms with Gasteiger partial charge < -0.3 is 4.74 Å². The van der Waals surface area contributed by atoms with Gasteiger partial charge in [0.1, 0.15) is 0 Å². The van der Waals surface area contributed by atoms with E-state index in [2.05, 4.69) is 0 Å². The number of carbonyl (C=O) groups is 1. The van der Waals surface area contributed by atoms with Crippen molar-refractivity contribution >= 4 is 26.9 Å². The van der Waals surface area contributed by atoms with Crippen LogP contribution in [0.5, 0.6) is 0 Å². The Bertz CT molecular complexity index is 563. The normalized spacial score (nSPS) is 17.1. The minimum Gasteiger partial charge on any atom is -0.379 e. The summed E-state index contributed by atoms with van der Waals surface area (Å²) in [7, 11) is -3.45. The first-order valence-electron chi connectivity index (χ1n) is 6.27. The molecule has 20 heavy (non-hydrogen) atoms. The summed E-state index contributed by atoms with van der Waals surface area (Å²) in [5.74, 6) is 0. The Morgan fingerprint density at radius 3 is 2.40 bits per heavy atom. The number of sulfonamides is 1. The summed E-state index contributed by atoms with van der Waals surface area (Å²) in [6, 6.07) is 6.52. The smallest absolute Gasteiger partial charge is 0.243 e. The standard InChI is InChI=1S/C13H17NO4S2/c1-19-13(15)10-11-2-4-12(5-3-11)20(16,17)14-6-8-18-9-7-14/h2-5H,6-10H2,1H3. The molecule has 0 atom stereocenters. The van der Waals surface area contributed by atoms with Gasteiger partial charge in [0, 0.05) is 19.5 Å². The van der Waals surface area contributed by atoms with Gasteiger partial charge in [-0.3, -0.25) is 4.79 Å². The molecule has 1 aromatic carbocycles. The molecule has 2 rings (SSSR count). The minimum atomic E-state index is -3.45. The quantitative estimate of drug-likeness (QED) is 0.834. The van der Waals surface area contributed by atoms with E-state index >= 15 is 0 Å².